The van der Waals surface area contributed by atoms with Gasteiger partial charge in [-0.05, 0) is 69.5 Å². The molecule has 0 aliphatic heterocycles. The van der Waals surface area contributed by atoms with Crippen LogP contribution >= 0.6 is 34.5 Å². The SMILES string of the molecule is CCN(CCN(C)C)C(=O)[C@H]1CCc2c(sc3ncnc(Nc4cc5snnc5cc4Cl)c23)C1. The van der Waals surface area contributed by atoms with Gasteiger partial charge in [0.15, 0.2) is 0 Å². The van der Waals surface area contributed by atoms with Gasteiger partial charge in [-0.1, -0.05) is 16.1 Å². The lowest BCUT2D eigenvalue weighted by molar-refractivity contribution is -0.135. The van der Waals surface area contributed by atoms with Gasteiger partial charge in [-0.25, -0.2) is 9.97 Å². The average molecular weight is 516 g/mol. The van der Waals surface area contributed by atoms with Crippen molar-refractivity contribution in [2.24, 2.45) is 5.92 Å². The molecule has 4 aromatic rings. The van der Waals surface area contributed by atoms with Crippen LogP contribution in [0.15, 0.2) is 18.5 Å². The molecule has 1 aliphatic carbocycles. The zero-order chi connectivity index (χ0) is 23.8. The van der Waals surface area contributed by atoms with E-state index in [4.69, 9.17) is 11.6 Å². The molecule has 34 heavy (non-hydrogen) atoms. The van der Waals surface area contributed by atoms with Crippen LogP contribution in [0.4, 0.5) is 11.5 Å². The van der Waals surface area contributed by atoms with Crippen molar-refractivity contribution in [3.05, 3.63) is 33.9 Å². The van der Waals surface area contributed by atoms with E-state index in [1.165, 1.54) is 22.0 Å². The minimum Gasteiger partial charge on any atom is -0.341 e. The number of aryl methyl sites for hydroxylation is 1. The van der Waals surface area contributed by atoms with Crippen molar-refractivity contribution in [2.75, 3.05) is 39.0 Å². The molecule has 8 nitrogen and oxygen atoms in total. The first-order valence-electron chi connectivity index (χ1n) is 11.3. The summed E-state index contributed by atoms with van der Waals surface area (Å²) >= 11 is 9.51. The van der Waals surface area contributed by atoms with Crippen LogP contribution in [-0.2, 0) is 17.6 Å². The molecule has 0 fully saturated rings. The molecule has 1 aromatic carbocycles. The number of halogens is 1. The highest BCUT2D eigenvalue weighted by Crippen LogP contribution is 2.41. The molecule has 5 rings (SSSR count). The Labute approximate surface area is 211 Å². The van der Waals surface area contributed by atoms with E-state index in [0.29, 0.717) is 5.02 Å². The maximum atomic E-state index is 13.2. The monoisotopic (exact) mass is 515 g/mol. The first kappa shape index (κ1) is 23.3. The smallest absolute Gasteiger partial charge is 0.226 e. The largest absolute Gasteiger partial charge is 0.341 e. The molecular formula is C23H26ClN7OS2. The van der Waals surface area contributed by atoms with E-state index in [2.05, 4.69) is 36.7 Å². The number of thiophene rings is 1. The van der Waals surface area contributed by atoms with Gasteiger partial charge in [0, 0.05) is 30.4 Å². The van der Waals surface area contributed by atoms with Gasteiger partial charge in [0.2, 0.25) is 5.91 Å². The van der Waals surface area contributed by atoms with Crippen LogP contribution in [0.5, 0.6) is 0 Å². The average Bonchev–Trinajstić information content (AvgIpc) is 3.43. The predicted octanol–water partition coefficient (Wildman–Crippen LogP) is 4.61. The lowest BCUT2D eigenvalue weighted by Gasteiger charge is -2.29. The maximum Gasteiger partial charge on any atom is 0.226 e. The van der Waals surface area contributed by atoms with Crippen LogP contribution < -0.4 is 5.32 Å². The first-order chi connectivity index (χ1) is 16.4. The second-order valence-electron chi connectivity index (χ2n) is 8.76. The predicted molar refractivity (Wildman–Crippen MR) is 139 cm³/mol. The van der Waals surface area contributed by atoms with E-state index in [0.717, 1.165) is 70.8 Å². The summed E-state index contributed by atoms with van der Waals surface area (Å²) in [5.41, 5.74) is 2.80. The number of anilines is 2. The van der Waals surface area contributed by atoms with Crippen molar-refractivity contribution in [2.45, 2.75) is 26.2 Å². The summed E-state index contributed by atoms with van der Waals surface area (Å²) in [4.78, 5) is 28.6. The lowest BCUT2D eigenvalue weighted by Crippen LogP contribution is -2.41. The number of nitrogens with zero attached hydrogens (tertiary/aromatic N) is 6. The number of benzene rings is 1. The molecule has 1 atom stereocenters. The van der Waals surface area contributed by atoms with Crippen molar-refractivity contribution >= 4 is 72.3 Å². The van der Waals surface area contributed by atoms with Gasteiger partial charge in [-0.2, -0.15) is 0 Å². The quantitative estimate of drug-likeness (QED) is 0.384. The van der Waals surface area contributed by atoms with Gasteiger partial charge < -0.3 is 15.1 Å². The zero-order valence-electron chi connectivity index (χ0n) is 19.3. The molecule has 11 heteroatoms. The number of carbonyl (C=O) groups excluding carboxylic acids is 1. The summed E-state index contributed by atoms with van der Waals surface area (Å²) in [7, 11) is 4.07. The van der Waals surface area contributed by atoms with E-state index in [-0.39, 0.29) is 11.8 Å². The molecule has 1 amide bonds. The Kier molecular flexibility index (Phi) is 6.65. The molecule has 0 unspecified atom stereocenters. The normalized spacial score (nSPS) is 15.7. The van der Waals surface area contributed by atoms with E-state index < -0.39 is 0 Å². The third kappa shape index (κ3) is 4.47. The molecule has 0 saturated carbocycles. The van der Waals surface area contributed by atoms with Gasteiger partial charge in [-0.3, -0.25) is 4.79 Å². The fourth-order valence-corrected chi connectivity index (χ4v) is 6.50. The van der Waals surface area contributed by atoms with Gasteiger partial charge in [-0.15, -0.1) is 16.4 Å². The Balaban J connectivity index is 1.42. The van der Waals surface area contributed by atoms with Crippen molar-refractivity contribution in [1.29, 1.82) is 0 Å². The highest BCUT2D eigenvalue weighted by molar-refractivity contribution is 7.19. The second kappa shape index (κ2) is 9.69. The zero-order valence-corrected chi connectivity index (χ0v) is 21.7. The van der Waals surface area contributed by atoms with Crippen LogP contribution in [0.3, 0.4) is 0 Å². The van der Waals surface area contributed by atoms with Crippen LogP contribution in [0.25, 0.3) is 20.4 Å². The Hall–Kier alpha value is -2.40. The molecule has 3 heterocycles. The molecule has 0 bridgehead atoms. The van der Waals surface area contributed by atoms with Crippen LogP contribution in [0.2, 0.25) is 5.02 Å². The molecule has 0 spiro atoms. The van der Waals surface area contributed by atoms with Crippen molar-refractivity contribution in [1.82, 2.24) is 29.4 Å². The minimum atomic E-state index is 0.0164. The summed E-state index contributed by atoms with van der Waals surface area (Å²) in [5.74, 6) is 1.02. The number of fused-ring (bicyclic) bond motifs is 4. The summed E-state index contributed by atoms with van der Waals surface area (Å²) in [6.45, 7) is 4.43. The van der Waals surface area contributed by atoms with Crippen LogP contribution in [0.1, 0.15) is 23.8 Å². The van der Waals surface area contributed by atoms with Crippen molar-refractivity contribution in [3.8, 4) is 0 Å². The number of nitrogens with one attached hydrogen (secondary N) is 1. The fraction of sp³-hybridized carbons (Fsp3) is 0.435. The second-order valence-corrected chi connectivity index (χ2v) is 11.0. The number of carbonyl (C=O) groups is 1. The molecular weight excluding hydrogens is 490 g/mol. The number of likely N-dealkylation sites (N-methyl/N-ethyl adjacent to an activating group) is 2. The molecule has 3 aromatic heterocycles. The van der Waals surface area contributed by atoms with E-state index in [1.807, 2.05) is 31.1 Å². The summed E-state index contributed by atoms with van der Waals surface area (Å²) in [6.07, 6.45) is 4.01. The van der Waals surface area contributed by atoms with Gasteiger partial charge >= 0.3 is 0 Å². The summed E-state index contributed by atoms with van der Waals surface area (Å²) in [6, 6.07) is 3.77. The van der Waals surface area contributed by atoms with E-state index >= 15 is 0 Å². The van der Waals surface area contributed by atoms with Gasteiger partial charge in [0.05, 0.1) is 20.8 Å². The first-order valence-corrected chi connectivity index (χ1v) is 13.3. The molecule has 178 valence electrons. The maximum absolute atomic E-state index is 13.2. The van der Waals surface area contributed by atoms with E-state index in [1.54, 1.807) is 17.7 Å². The standard InChI is InChI=1S/C23H26ClN7OS2/c1-4-31(8-7-30(2)3)23(32)13-5-6-14-18(9-13)33-22-20(14)21(25-12-26-22)27-16-11-19-17(10-15(16)24)28-29-34-19/h10-13H,4-9H2,1-3H3,(H,25,26,27)/t13-/m0/s1. The molecule has 1 N–H and O–H groups in total. The molecule has 1 aliphatic rings. The highest BCUT2D eigenvalue weighted by atomic mass is 35.5. The van der Waals surface area contributed by atoms with Crippen molar-refractivity contribution < 1.29 is 4.79 Å². The Morgan fingerprint density at radius 1 is 1.26 bits per heavy atom. The third-order valence-electron chi connectivity index (χ3n) is 6.29. The Bertz CT molecular complexity index is 1350. The van der Waals surface area contributed by atoms with Gasteiger partial charge in [0.1, 0.15) is 22.5 Å². The third-order valence-corrected chi connectivity index (χ3v) is 8.46. The van der Waals surface area contributed by atoms with E-state index in [9.17, 15) is 4.79 Å². The van der Waals surface area contributed by atoms with Crippen LogP contribution in [0, 0.1) is 5.92 Å². The van der Waals surface area contributed by atoms with Gasteiger partial charge in [0.25, 0.3) is 0 Å². The molecule has 0 radical (unpaired) electrons. The van der Waals surface area contributed by atoms with Crippen LogP contribution in [-0.4, -0.2) is 69.0 Å². The van der Waals surface area contributed by atoms with Crippen molar-refractivity contribution in [3.63, 3.8) is 0 Å². The number of hydrogen-bond donors (Lipinski definition) is 1. The lowest BCUT2D eigenvalue weighted by atomic mass is 9.87. The number of aromatic nitrogens is 4. The summed E-state index contributed by atoms with van der Waals surface area (Å²) in [5, 5.41) is 9.11. The topological polar surface area (TPSA) is 87.1 Å². The summed E-state index contributed by atoms with van der Waals surface area (Å²) < 4.78 is 4.96. The Morgan fingerprint density at radius 3 is 2.91 bits per heavy atom. The highest BCUT2D eigenvalue weighted by Gasteiger charge is 2.31. The number of amides is 1. The number of hydrogen-bond acceptors (Lipinski definition) is 9. The fourth-order valence-electron chi connectivity index (χ4n) is 4.44. The number of rotatable bonds is 7. The minimum absolute atomic E-state index is 0.0164. The Morgan fingerprint density at radius 2 is 2.12 bits per heavy atom. The molecule has 0 saturated heterocycles.